The molecule has 0 heterocycles. The average molecular weight is 298 g/mol. The Kier molecular flexibility index (Phi) is 10.7. The minimum absolute atomic E-state index is 0.113. The summed E-state index contributed by atoms with van der Waals surface area (Å²) < 4.78 is 0. The third-order valence-corrected chi connectivity index (χ3v) is 2.96. The Labute approximate surface area is 136 Å². The van der Waals surface area contributed by atoms with Crippen molar-refractivity contribution >= 4 is 5.78 Å². The Bertz CT molecular complexity index is 538. The lowest BCUT2D eigenvalue weighted by atomic mass is 9.97. The highest BCUT2D eigenvalue weighted by Crippen LogP contribution is 2.15. The van der Waals surface area contributed by atoms with E-state index in [1.807, 2.05) is 69.3 Å². The Morgan fingerprint density at radius 3 is 1.86 bits per heavy atom. The number of carbonyl (C=O) groups is 1. The molecule has 0 radical (unpaired) electrons. The number of carbonyl (C=O) groups excluding carboxylic acids is 1. The zero-order chi connectivity index (χ0) is 17.0. The Balaban J connectivity index is 0.000000789. The van der Waals surface area contributed by atoms with Gasteiger partial charge in [0.25, 0.3) is 0 Å². The molecule has 0 saturated carbocycles. The first-order valence-electron chi connectivity index (χ1n) is 8.33. The predicted molar refractivity (Wildman–Crippen MR) is 97.7 cm³/mol. The number of hydrogen-bond donors (Lipinski definition) is 0. The zero-order valence-corrected chi connectivity index (χ0v) is 14.9. The van der Waals surface area contributed by atoms with E-state index in [1.54, 1.807) is 0 Å². The lowest BCUT2D eigenvalue weighted by molar-refractivity contribution is 0.103. The predicted octanol–water partition coefficient (Wildman–Crippen LogP) is 6.23. The molecular formula is C21H30O. The SMILES string of the molecule is CC.CCC.CCc1ccccc1C(=O)c1ccc(C)cc1. The van der Waals surface area contributed by atoms with Crippen LogP contribution in [-0.2, 0) is 6.42 Å². The fourth-order valence-electron chi connectivity index (χ4n) is 1.91. The van der Waals surface area contributed by atoms with E-state index in [-0.39, 0.29) is 5.78 Å². The van der Waals surface area contributed by atoms with Crippen molar-refractivity contribution in [3.05, 3.63) is 70.8 Å². The van der Waals surface area contributed by atoms with Crippen molar-refractivity contribution < 1.29 is 4.79 Å². The zero-order valence-electron chi connectivity index (χ0n) is 14.9. The molecule has 0 bridgehead atoms. The van der Waals surface area contributed by atoms with Crippen molar-refractivity contribution in [2.75, 3.05) is 0 Å². The maximum Gasteiger partial charge on any atom is 0.193 e. The van der Waals surface area contributed by atoms with E-state index in [1.165, 1.54) is 12.0 Å². The number of hydrogen-bond acceptors (Lipinski definition) is 1. The molecule has 0 spiro atoms. The van der Waals surface area contributed by atoms with Crippen LogP contribution in [0.25, 0.3) is 0 Å². The van der Waals surface area contributed by atoms with Gasteiger partial charge in [0.1, 0.15) is 0 Å². The van der Waals surface area contributed by atoms with E-state index >= 15 is 0 Å². The molecule has 2 rings (SSSR count). The van der Waals surface area contributed by atoms with Crippen molar-refractivity contribution in [3.63, 3.8) is 0 Å². The van der Waals surface area contributed by atoms with E-state index in [0.29, 0.717) is 0 Å². The van der Waals surface area contributed by atoms with E-state index in [2.05, 4.69) is 20.8 Å². The van der Waals surface area contributed by atoms with Crippen LogP contribution in [0, 0.1) is 6.92 Å². The minimum atomic E-state index is 0.113. The van der Waals surface area contributed by atoms with Crippen LogP contribution in [0.4, 0.5) is 0 Å². The summed E-state index contributed by atoms with van der Waals surface area (Å²) in [5.41, 5.74) is 3.86. The summed E-state index contributed by atoms with van der Waals surface area (Å²) in [6, 6.07) is 15.5. The standard InChI is InChI=1S/C16H16O.C3H8.C2H6/c1-3-13-6-4-5-7-15(13)16(17)14-10-8-12(2)9-11-14;1-3-2;1-2/h4-11H,3H2,1-2H3;3H2,1-2H3;1-2H3. The van der Waals surface area contributed by atoms with Gasteiger partial charge in [0, 0.05) is 11.1 Å². The molecule has 0 fully saturated rings. The lowest BCUT2D eigenvalue weighted by Crippen LogP contribution is -2.04. The van der Waals surface area contributed by atoms with Gasteiger partial charge in [0.2, 0.25) is 0 Å². The molecule has 0 unspecified atom stereocenters. The van der Waals surface area contributed by atoms with Crippen LogP contribution in [0.2, 0.25) is 0 Å². The molecule has 0 aliphatic rings. The van der Waals surface area contributed by atoms with Gasteiger partial charge in [-0.1, -0.05) is 95.1 Å². The topological polar surface area (TPSA) is 17.1 Å². The highest BCUT2D eigenvalue weighted by Gasteiger charge is 2.11. The molecule has 0 saturated heterocycles. The first-order chi connectivity index (χ1) is 10.6. The minimum Gasteiger partial charge on any atom is -0.289 e. The molecule has 0 amide bonds. The van der Waals surface area contributed by atoms with Gasteiger partial charge in [-0.15, -0.1) is 0 Å². The summed E-state index contributed by atoms with van der Waals surface area (Å²) in [7, 11) is 0. The molecule has 0 aliphatic heterocycles. The van der Waals surface area contributed by atoms with Gasteiger partial charge in [0.05, 0.1) is 0 Å². The molecule has 0 N–H and O–H groups in total. The Morgan fingerprint density at radius 2 is 1.36 bits per heavy atom. The molecule has 0 aliphatic carbocycles. The van der Waals surface area contributed by atoms with Gasteiger partial charge >= 0.3 is 0 Å². The van der Waals surface area contributed by atoms with Crippen LogP contribution in [-0.4, -0.2) is 5.78 Å². The number of aryl methyl sites for hydroxylation is 2. The van der Waals surface area contributed by atoms with Crippen molar-refractivity contribution in [3.8, 4) is 0 Å². The Morgan fingerprint density at radius 1 is 0.864 bits per heavy atom. The van der Waals surface area contributed by atoms with Gasteiger partial charge in [-0.05, 0) is 18.9 Å². The number of benzene rings is 2. The summed E-state index contributed by atoms with van der Waals surface area (Å²) in [5.74, 6) is 0.113. The molecule has 1 nitrogen and oxygen atoms in total. The molecule has 22 heavy (non-hydrogen) atoms. The van der Waals surface area contributed by atoms with E-state index in [0.717, 1.165) is 23.1 Å². The monoisotopic (exact) mass is 298 g/mol. The second-order valence-corrected chi connectivity index (χ2v) is 4.91. The molecule has 120 valence electrons. The van der Waals surface area contributed by atoms with Crippen LogP contribution in [0.15, 0.2) is 48.5 Å². The first kappa shape index (κ1) is 20.1. The second kappa shape index (κ2) is 11.7. The highest BCUT2D eigenvalue weighted by molar-refractivity contribution is 6.09. The molecule has 2 aromatic rings. The summed E-state index contributed by atoms with van der Waals surface area (Å²) in [6.45, 7) is 12.3. The van der Waals surface area contributed by atoms with Crippen LogP contribution in [0.3, 0.4) is 0 Å². The molecule has 0 aromatic heterocycles. The van der Waals surface area contributed by atoms with Crippen molar-refractivity contribution in [1.82, 2.24) is 0 Å². The smallest absolute Gasteiger partial charge is 0.193 e. The van der Waals surface area contributed by atoms with Crippen molar-refractivity contribution in [1.29, 1.82) is 0 Å². The van der Waals surface area contributed by atoms with Crippen LogP contribution in [0.5, 0.6) is 0 Å². The van der Waals surface area contributed by atoms with Crippen LogP contribution < -0.4 is 0 Å². The average Bonchev–Trinajstić information content (AvgIpc) is 2.57. The van der Waals surface area contributed by atoms with Gasteiger partial charge in [0.15, 0.2) is 5.78 Å². The largest absolute Gasteiger partial charge is 0.289 e. The maximum atomic E-state index is 12.3. The van der Waals surface area contributed by atoms with E-state index in [9.17, 15) is 4.79 Å². The number of rotatable bonds is 3. The lowest BCUT2D eigenvalue weighted by Gasteiger charge is -2.06. The van der Waals surface area contributed by atoms with Crippen molar-refractivity contribution in [2.45, 2.75) is 54.4 Å². The van der Waals surface area contributed by atoms with Crippen LogP contribution >= 0.6 is 0 Å². The maximum absolute atomic E-state index is 12.3. The second-order valence-electron chi connectivity index (χ2n) is 4.91. The third kappa shape index (κ3) is 6.26. The summed E-state index contributed by atoms with van der Waals surface area (Å²) in [6.07, 6.45) is 2.13. The van der Waals surface area contributed by atoms with Crippen LogP contribution in [0.1, 0.15) is 68.1 Å². The van der Waals surface area contributed by atoms with E-state index < -0.39 is 0 Å². The molecule has 0 atom stereocenters. The first-order valence-corrected chi connectivity index (χ1v) is 8.33. The number of ketones is 1. The summed E-state index contributed by atoms with van der Waals surface area (Å²) in [4.78, 5) is 12.3. The normalized spacial score (nSPS) is 9.00. The van der Waals surface area contributed by atoms with E-state index in [4.69, 9.17) is 0 Å². The summed E-state index contributed by atoms with van der Waals surface area (Å²) in [5, 5.41) is 0. The molecule has 1 heteroatoms. The van der Waals surface area contributed by atoms with Gasteiger partial charge in [-0.2, -0.15) is 0 Å². The van der Waals surface area contributed by atoms with Gasteiger partial charge in [-0.3, -0.25) is 4.79 Å². The van der Waals surface area contributed by atoms with Gasteiger partial charge < -0.3 is 0 Å². The highest BCUT2D eigenvalue weighted by atomic mass is 16.1. The third-order valence-electron chi connectivity index (χ3n) is 2.96. The summed E-state index contributed by atoms with van der Waals surface area (Å²) >= 11 is 0. The fraction of sp³-hybridized carbons (Fsp3) is 0.381. The fourth-order valence-corrected chi connectivity index (χ4v) is 1.91. The molecule has 2 aromatic carbocycles. The quantitative estimate of drug-likeness (QED) is 0.614. The van der Waals surface area contributed by atoms with Gasteiger partial charge in [-0.25, -0.2) is 0 Å². The Hall–Kier alpha value is -1.89. The molecular weight excluding hydrogens is 268 g/mol. The van der Waals surface area contributed by atoms with Crippen molar-refractivity contribution in [2.24, 2.45) is 0 Å².